The quantitative estimate of drug-likeness (QED) is 0.287. The maximum atomic E-state index is 13.0. The second-order valence-corrected chi connectivity index (χ2v) is 10.1. The van der Waals surface area contributed by atoms with Gasteiger partial charge in [0.1, 0.15) is 30.6 Å². The van der Waals surface area contributed by atoms with Crippen molar-refractivity contribution in [1.82, 2.24) is 19.9 Å². The average Bonchev–Trinajstić information content (AvgIpc) is 3.65. The summed E-state index contributed by atoms with van der Waals surface area (Å²) in [6, 6.07) is 16.1. The Bertz CT molecular complexity index is 1650. The first-order chi connectivity index (χ1) is 19.7. The Balaban J connectivity index is 1.19. The molecule has 4 aromatic rings. The van der Waals surface area contributed by atoms with Crippen molar-refractivity contribution in [2.45, 2.75) is 25.7 Å². The first-order valence-corrected chi connectivity index (χ1v) is 13.2. The summed E-state index contributed by atoms with van der Waals surface area (Å²) < 4.78 is 46.5. The van der Waals surface area contributed by atoms with Gasteiger partial charge in [-0.25, -0.2) is 9.67 Å². The third kappa shape index (κ3) is 5.71. The monoisotopic (exact) mass is 579 g/mol. The van der Waals surface area contributed by atoms with Crippen LogP contribution in [0, 0.1) is 0 Å². The number of amidine groups is 1. The van der Waals surface area contributed by atoms with Gasteiger partial charge in [0.05, 0.1) is 34.7 Å². The highest BCUT2D eigenvalue weighted by Gasteiger charge is 2.30. The molecular weight excluding hydrogens is 555 g/mol. The molecule has 41 heavy (non-hydrogen) atoms. The van der Waals surface area contributed by atoms with E-state index in [1.54, 1.807) is 22.9 Å². The van der Waals surface area contributed by atoms with E-state index in [9.17, 15) is 13.2 Å². The second-order valence-electron chi connectivity index (χ2n) is 9.71. The minimum Gasteiger partial charge on any atom is -0.487 e. The van der Waals surface area contributed by atoms with Crippen LogP contribution in [0.2, 0.25) is 5.02 Å². The topological polar surface area (TPSA) is 84.8 Å². The standard InChI is InChI=1S/C29H25ClF3N7O/c30-25-14-22(7-9-27(25)41-17-19-4-3-5-20(12-19)29(31,32)33)39-18-35-28(34)24-13-23(6-8-26(24)39)40-16-21(36-37-40)15-38-10-1-2-11-38/h1,3-10,12-14,16H,2,11,15,17-18H2,(H2,34,35). The van der Waals surface area contributed by atoms with Crippen LogP contribution in [-0.2, 0) is 19.3 Å². The number of alkyl halides is 3. The van der Waals surface area contributed by atoms with E-state index in [2.05, 4.69) is 32.5 Å². The van der Waals surface area contributed by atoms with Crippen molar-refractivity contribution in [3.63, 3.8) is 0 Å². The first-order valence-electron chi connectivity index (χ1n) is 12.9. The van der Waals surface area contributed by atoms with Crippen LogP contribution in [0.3, 0.4) is 0 Å². The molecule has 12 heteroatoms. The van der Waals surface area contributed by atoms with Gasteiger partial charge < -0.3 is 20.3 Å². The highest BCUT2D eigenvalue weighted by Crippen LogP contribution is 2.37. The summed E-state index contributed by atoms with van der Waals surface area (Å²) >= 11 is 6.52. The van der Waals surface area contributed by atoms with E-state index in [4.69, 9.17) is 22.1 Å². The van der Waals surface area contributed by atoms with Gasteiger partial charge in [-0.05, 0) is 66.7 Å². The van der Waals surface area contributed by atoms with Crippen LogP contribution < -0.4 is 15.4 Å². The average molecular weight is 580 g/mol. The van der Waals surface area contributed by atoms with Crippen LogP contribution in [0.25, 0.3) is 5.69 Å². The molecule has 6 rings (SSSR count). The zero-order chi connectivity index (χ0) is 28.6. The van der Waals surface area contributed by atoms with E-state index in [1.165, 1.54) is 6.07 Å². The Hall–Kier alpha value is -4.51. The molecule has 0 atom stereocenters. The number of ether oxygens (including phenoxy) is 1. The minimum absolute atomic E-state index is 0.0577. The minimum atomic E-state index is -4.42. The van der Waals surface area contributed by atoms with Crippen LogP contribution in [0.4, 0.5) is 24.5 Å². The molecule has 0 amide bonds. The molecule has 1 aromatic heterocycles. The Labute approximate surface area is 239 Å². The number of nitrogens with two attached hydrogens (primary N) is 1. The lowest BCUT2D eigenvalue weighted by Gasteiger charge is -2.29. The lowest BCUT2D eigenvalue weighted by Crippen LogP contribution is -2.29. The zero-order valence-electron chi connectivity index (χ0n) is 21.7. The fourth-order valence-corrected chi connectivity index (χ4v) is 5.01. The maximum Gasteiger partial charge on any atom is 0.416 e. The van der Waals surface area contributed by atoms with Crippen molar-refractivity contribution in [3.05, 3.63) is 107 Å². The Kier molecular flexibility index (Phi) is 7.04. The SMILES string of the molecule is NC1=NCN(c2ccc(OCc3cccc(C(F)(F)F)c3)c(Cl)c2)c2ccc(-n3cc(CN4C=CCC4)nn3)cc21. The maximum absolute atomic E-state index is 13.0. The molecule has 0 saturated heterocycles. The first kappa shape index (κ1) is 26.7. The van der Waals surface area contributed by atoms with Crippen LogP contribution in [-0.4, -0.2) is 38.9 Å². The zero-order valence-corrected chi connectivity index (χ0v) is 22.5. The summed E-state index contributed by atoms with van der Waals surface area (Å²) in [6.07, 6.45) is 2.73. The molecule has 0 bridgehead atoms. The number of anilines is 2. The fraction of sp³-hybridized carbons (Fsp3) is 0.207. The molecule has 210 valence electrons. The number of nitrogens with zero attached hydrogens (tertiary/aromatic N) is 6. The van der Waals surface area contributed by atoms with Gasteiger partial charge in [-0.15, -0.1) is 5.10 Å². The van der Waals surface area contributed by atoms with Crippen LogP contribution in [0.15, 0.2) is 84.1 Å². The molecule has 3 heterocycles. The van der Waals surface area contributed by atoms with Crippen molar-refractivity contribution in [2.75, 3.05) is 18.1 Å². The highest BCUT2D eigenvalue weighted by molar-refractivity contribution is 6.32. The Morgan fingerprint density at radius 2 is 1.88 bits per heavy atom. The summed E-state index contributed by atoms with van der Waals surface area (Å²) in [4.78, 5) is 8.64. The molecule has 0 saturated carbocycles. The predicted octanol–water partition coefficient (Wildman–Crippen LogP) is 6.05. The van der Waals surface area contributed by atoms with Gasteiger partial charge in [0.2, 0.25) is 0 Å². The molecule has 0 aliphatic carbocycles. The molecule has 0 unspecified atom stereocenters. The Morgan fingerprint density at radius 1 is 1.02 bits per heavy atom. The van der Waals surface area contributed by atoms with Crippen LogP contribution >= 0.6 is 11.6 Å². The molecule has 2 N–H and O–H groups in total. The number of halogens is 4. The van der Waals surface area contributed by atoms with Gasteiger partial charge in [-0.3, -0.25) is 0 Å². The lowest BCUT2D eigenvalue weighted by molar-refractivity contribution is -0.137. The second kappa shape index (κ2) is 10.8. The number of aromatic nitrogens is 3. The number of benzene rings is 3. The van der Waals surface area contributed by atoms with Gasteiger partial charge in [0.25, 0.3) is 0 Å². The smallest absolute Gasteiger partial charge is 0.416 e. The third-order valence-electron chi connectivity index (χ3n) is 6.87. The number of hydrogen-bond donors (Lipinski definition) is 1. The normalized spacial score (nSPS) is 14.8. The number of hydrogen-bond acceptors (Lipinski definition) is 7. The van der Waals surface area contributed by atoms with E-state index in [1.807, 2.05) is 35.4 Å². The summed E-state index contributed by atoms with van der Waals surface area (Å²) in [5.74, 6) is 0.766. The van der Waals surface area contributed by atoms with Crippen molar-refractivity contribution in [2.24, 2.45) is 10.7 Å². The lowest BCUT2D eigenvalue weighted by atomic mass is 10.1. The van der Waals surface area contributed by atoms with Crippen LogP contribution in [0.1, 0.15) is 28.8 Å². The fourth-order valence-electron chi connectivity index (χ4n) is 4.78. The Morgan fingerprint density at radius 3 is 2.66 bits per heavy atom. The van der Waals surface area contributed by atoms with E-state index in [0.717, 1.165) is 53.4 Å². The van der Waals surface area contributed by atoms with E-state index in [-0.39, 0.29) is 13.3 Å². The van der Waals surface area contributed by atoms with Gasteiger partial charge in [0, 0.05) is 17.8 Å². The molecule has 0 radical (unpaired) electrons. The number of fused-ring (bicyclic) bond motifs is 1. The molecule has 0 spiro atoms. The largest absolute Gasteiger partial charge is 0.487 e. The van der Waals surface area contributed by atoms with Crippen LogP contribution in [0.5, 0.6) is 5.75 Å². The van der Waals surface area contributed by atoms with E-state index >= 15 is 0 Å². The summed E-state index contributed by atoms with van der Waals surface area (Å²) in [6.45, 7) is 1.90. The molecule has 2 aliphatic heterocycles. The molecule has 8 nitrogen and oxygen atoms in total. The van der Waals surface area contributed by atoms with Crippen molar-refractivity contribution >= 4 is 28.8 Å². The predicted molar refractivity (Wildman–Crippen MR) is 150 cm³/mol. The third-order valence-corrected chi connectivity index (χ3v) is 7.17. The summed E-state index contributed by atoms with van der Waals surface area (Å²) in [5, 5.41) is 8.92. The molecular formula is C29H25ClF3N7O. The molecule has 0 fully saturated rings. The van der Waals surface area contributed by atoms with Crippen molar-refractivity contribution in [1.29, 1.82) is 0 Å². The number of aliphatic imine (C=N–C) groups is 1. The van der Waals surface area contributed by atoms with Crippen molar-refractivity contribution < 1.29 is 17.9 Å². The van der Waals surface area contributed by atoms with E-state index in [0.29, 0.717) is 28.7 Å². The highest BCUT2D eigenvalue weighted by atomic mass is 35.5. The number of rotatable bonds is 7. The summed E-state index contributed by atoms with van der Waals surface area (Å²) in [5.41, 5.74) is 9.95. The van der Waals surface area contributed by atoms with Gasteiger partial charge in [-0.1, -0.05) is 35.0 Å². The van der Waals surface area contributed by atoms with E-state index < -0.39 is 11.7 Å². The summed E-state index contributed by atoms with van der Waals surface area (Å²) in [7, 11) is 0. The van der Waals surface area contributed by atoms with Gasteiger partial charge >= 0.3 is 6.18 Å². The molecule has 3 aromatic carbocycles. The van der Waals surface area contributed by atoms with Gasteiger partial charge in [-0.2, -0.15) is 13.2 Å². The van der Waals surface area contributed by atoms with Gasteiger partial charge in [0.15, 0.2) is 0 Å². The molecule has 2 aliphatic rings. The van der Waals surface area contributed by atoms with Crippen molar-refractivity contribution in [3.8, 4) is 11.4 Å².